The number of hydrogen-bond acceptors (Lipinski definition) is 1. The molecule has 15 heavy (non-hydrogen) atoms. The van der Waals surface area contributed by atoms with Crippen LogP contribution in [0, 0.1) is 5.41 Å². The molecule has 1 atom stereocenters. The summed E-state index contributed by atoms with van der Waals surface area (Å²) in [6, 6.07) is 10.8. The molecular weight excluding hydrogens is 182 g/mol. The summed E-state index contributed by atoms with van der Waals surface area (Å²) in [4.78, 5) is 0. The molecule has 84 valence electrons. The number of hydrogen-bond donors (Lipinski definition) is 1. The van der Waals surface area contributed by atoms with Crippen LogP contribution < -0.4 is 5.32 Å². The first-order valence-electron chi connectivity index (χ1n) is 5.75. The lowest BCUT2D eigenvalue weighted by Gasteiger charge is -2.31. The number of nitrogens with one attached hydrogen (secondary N) is 1. The summed E-state index contributed by atoms with van der Waals surface area (Å²) < 4.78 is 0. The van der Waals surface area contributed by atoms with Gasteiger partial charge in [0.05, 0.1) is 0 Å². The highest BCUT2D eigenvalue weighted by Gasteiger charge is 2.25. The van der Waals surface area contributed by atoms with Gasteiger partial charge in [-0.15, -0.1) is 0 Å². The second kappa shape index (κ2) is 5.32. The fraction of sp³-hybridized carbons (Fsp3) is 0.571. The van der Waals surface area contributed by atoms with Crippen molar-refractivity contribution >= 4 is 0 Å². The van der Waals surface area contributed by atoms with Crippen molar-refractivity contribution in [3.63, 3.8) is 0 Å². The Hall–Kier alpha value is -0.820. The van der Waals surface area contributed by atoms with Crippen molar-refractivity contribution in [1.29, 1.82) is 0 Å². The van der Waals surface area contributed by atoms with Crippen LogP contribution in [0.5, 0.6) is 0 Å². The summed E-state index contributed by atoms with van der Waals surface area (Å²) in [5, 5.41) is 3.24. The highest BCUT2D eigenvalue weighted by molar-refractivity contribution is 5.21. The highest BCUT2D eigenvalue weighted by Crippen LogP contribution is 2.37. The van der Waals surface area contributed by atoms with E-state index in [1.54, 1.807) is 0 Å². The second-order valence-corrected chi connectivity index (χ2v) is 5.22. The third kappa shape index (κ3) is 3.67. The minimum atomic E-state index is 0.332. The van der Waals surface area contributed by atoms with Crippen molar-refractivity contribution in [2.45, 2.75) is 33.1 Å². The Labute approximate surface area is 93.9 Å². The van der Waals surface area contributed by atoms with E-state index in [2.05, 4.69) is 56.4 Å². The van der Waals surface area contributed by atoms with Gasteiger partial charge in [0.2, 0.25) is 0 Å². The molecule has 0 saturated carbocycles. The molecular formula is C14H23N. The van der Waals surface area contributed by atoms with Crippen LogP contribution in [0.4, 0.5) is 0 Å². The van der Waals surface area contributed by atoms with Crippen LogP contribution in [0.2, 0.25) is 0 Å². The van der Waals surface area contributed by atoms with E-state index in [0.717, 1.165) is 6.54 Å². The Morgan fingerprint density at radius 1 is 1.13 bits per heavy atom. The van der Waals surface area contributed by atoms with Crippen LogP contribution in [-0.2, 0) is 0 Å². The molecule has 0 aliphatic rings. The van der Waals surface area contributed by atoms with Crippen molar-refractivity contribution in [2.75, 3.05) is 13.6 Å². The fourth-order valence-electron chi connectivity index (χ4n) is 2.07. The average Bonchev–Trinajstić information content (AvgIpc) is 2.18. The molecule has 1 aromatic carbocycles. The molecule has 1 aromatic rings. The summed E-state index contributed by atoms with van der Waals surface area (Å²) in [6.07, 6.45) is 1.20. The van der Waals surface area contributed by atoms with Gasteiger partial charge in [-0.25, -0.2) is 0 Å². The van der Waals surface area contributed by atoms with Gasteiger partial charge in [-0.05, 0) is 36.9 Å². The topological polar surface area (TPSA) is 12.0 Å². The van der Waals surface area contributed by atoms with E-state index in [1.165, 1.54) is 12.0 Å². The lowest BCUT2D eigenvalue weighted by atomic mass is 9.75. The van der Waals surface area contributed by atoms with Gasteiger partial charge >= 0.3 is 0 Å². The molecule has 1 heteroatoms. The highest BCUT2D eigenvalue weighted by atomic mass is 14.8. The molecule has 0 fully saturated rings. The molecule has 1 nitrogen and oxygen atoms in total. The second-order valence-electron chi connectivity index (χ2n) is 5.22. The third-order valence-corrected chi connectivity index (χ3v) is 2.93. The van der Waals surface area contributed by atoms with Crippen molar-refractivity contribution < 1.29 is 0 Å². The first-order valence-corrected chi connectivity index (χ1v) is 5.75. The average molecular weight is 205 g/mol. The SMILES string of the molecule is CNCCC(c1ccccc1)C(C)(C)C. The van der Waals surface area contributed by atoms with Gasteiger partial charge in [-0.3, -0.25) is 0 Å². The Bertz CT molecular complexity index is 271. The smallest absolute Gasteiger partial charge is 0.00459 e. The van der Waals surface area contributed by atoms with Crippen molar-refractivity contribution in [3.8, 4) is 0 Å². The molecule has 0 spiro atoms. The number of benzene rings is 1. The van der Waals surface area contributed by atoms with E-state index in [-0.39, 0.29) is 0 Å². The van der Waals surface area contributed by atoms with E-state index in [9.17, 15) is 0 Å². The Morgan fingerprint density at radius 3 is 2.20 bits per heavy atom. The van der Waals surface area contributed by atoms with Crippen LogP contribution in [0.15, 0.2) is 30.3 Å². The van der Waals surface area contributed by atoms with Gasteiger partial charge in [0.25, 0.3) is 0 Å². The van der Waals surface area contributed by atoms with E-state index in [1.807, 2.05) is 7.05 Å². The van der Waals surface area contributed by atoms with Gasteiger partial charge in [0, 0.05) is 0 Å². The first kappa shape index (κ1) is 12.3. The largest absolute Gasteiger partial charge is 0.320 e. The molecule has 1 rings (SSSR count). The molecule has 1 N–H and O–H groups in total. The van der Waals surface area contributed by atoms with Gasteiger partial charge < -0.3 is 5.32 Å². The maximum absolute atomic E-state index is 3.24. The fourth-order valence-corrected chi connectivity index (χ4v) is 2.07. The molecule has 0 aliphatic heterocycles. The molecule has 0 aromatic heterocycles. The van der Waals surface area contributed by atoms with Crippen LogP contribution in [0.1, 0.15) is 38.7 Å². The van der Waals surface area contributed by atoms with Crippen LogP contribution in [0.3, 0.4) is 0 Å². The number of rotatable bonds is 4. The first-order chi connectivity index (χ1) is 7.05. The molecule has 0 heterocycles. The van der Waals surface area contributed by atoms with Crippen LogP contribution in [0.25, 0.3) is 0 Å². The molecule has 1 unspecified atom stereocenters. The predicted octanol–water partition coefficient (Wildman–Crippen LogP) is 3.43. The summed E-state index contributed by atoms with van der Waals surface area (Å²) in [5.74, 6) is 0.631. The van der Waals surface area contributed by atoms with E-state index in [4.69, 9.17) is 0 Å². The van der Waals surface area contributed by atoms with E-state index in [0.29, 0.717) is 11.3 Å². The van der Waals surface area contributed by atoms with Gasteiger partial charge in [0.1, 0.15) is 0 Å². The molecule has 0 saturated heterocycles. The lowest BCUT2D eigenvalue weighted by molar-refractivity contribution is 0.303. The van der Waals surface area contributed by atoms with Crippen LogP contribution in [-0.4, -0.2) is 13.6 Å². The third-order valence-electron chi connectivity index (χ3n) is 2.93. The van der Waals surface area contributed by atoms with Crippen LogP contribution >= 0.6 is 0 Å². The monoisotopic (exact) mass is 205 g/mol. The minimum absolute atomic E-state index is 0.332. The molecule has 0 aliphatic carbocycles. The zero-order valence-electron chi connectivity index (χ0n) is 10.4. The van der Waals surface area contributed by atoms with Crippen molar-refractivity contribution in [3.05, 3.63) is 35.9 Å². The van der Waals surface area contributed by atoms with E-state index >= 15 is 0 Å². The Morgan fingerprint density at radius 2 is 1.73 bits per heavy atom. The summed E-state index contributed by atoms with van der Waals surface area (Å²) >= 11 is 0. The normalized spacial score (nSPS) is 13.9. The Balaban J connectivity index is 2.82. The maximum Gasteiger partial charge on any atom is -0.00459 e. The summed E-state index contributed by atoms with van der Waals surface area (Å²) in [5.41, 5.74) is 1.79. The quantitative estimate of drug-likeness (QED) is 0.794. The van der Waals surface area contributed by atoms with Crippen molar-refractivity contribution in [1.82, 2.24) is 5.32 Å². The summed E-state index contributed by atoms with van der Waals surface area (Å²) in [6.45, 7) is 8.04. The van der Waals surface area contributed by atoms with Gasteiger partial charge in [-0.1, -0.05) is 51.1 Å². The lowest BCUT2D eigenvalue weighted by Crippen LogP contribution is -2.22. The predicted molar refractivity (Wildman–Crippen MR) is 67.2 cm³/mol. The van der Waals surface area contributed by atoms with E-state index < -0.39 is 0 Å². The molecule has 0 bridgehead atoms. The maximum atomic E-state index is 3.24. The zero-order valence-corrected chi connectivity index (χ0v) is 10.4. The standard InChI is InChI=1S/C14H23N/c1-14(2,3)13(10-11-15-4)12-8-6-5-7-9-12/h5-9,13,15H,10-11H2,1-4H3. The Kier molecular flexibility index (Phi) is 4.34. The van der Waals surface area contributed by atoms with Gasteiger partial charge in [0.15, 0.2) is 0 Å². The minimum Gasteiger partial charge on any atom is -0.320 e. The summed E-state index contributed by atoms with van der Waals surface area (Å²) in [7, 11) is 2.02. The molecule has 0 radical (unpaired) electrons. The van der Waals surface area contributed by atoms with Crippen molar-refractivity contribution in [2.24, 2.45) is 5.41 Å². The zero-order chi connectivity index (χ0) is 11.3. The molecule has 0 amide bonds. The van der Waals surface area contributed by atoms with Gasteiger partial charge in [-0.2, -0.15) is 0 Å².